The van der Waals surface area contributed by atoms with Gasteiger partial charge in [-0.2, -0.15) is 0 Å². The second kappa shape index (κ2) is 4.84. The molecule has 0 saturated heterocycles. The van der Waals surface area contributed by atoms with E-state index in [1.807, 2.05) is 6.07 Å². The maximum absolute atomic E-state index is 5.50. The van der Waals surface area contributed by atoms with Crippen LogP contribution in [-0.4, -0.2) is 13.3 Å². The van der Waals surface area contributed by atoms with Crippen molar-refractivity contribution in [2.45, 2.75) is 18.9 Å². The molecule has 0 spiro atoms. The smallest absolute Gasteiger partial charge is 0.231 e. The van der Waals surface area contributed by atoms with Crippen LogP contribution < -0.4 is 14.8 Å². The minimum Gasteiger partial charge on any atom is -0.454 e. The highest BCUT2D eigenvalue weighted by Gasteiger charge is 2.22. The zero-order valence-electron chi connectivity index (χ0n) is 11.3. The molecule has 0 saturated carbocycles. The van der Waals surface area contributed by atoms with Gasteiger partial charge in [0.15, 0.2) is 11.5 Å². The number of aryl methyl sites for hydroxylation is 1. The van der Waals surface area contributed by atoms with E-state index >= 15 is 0 Å². The first kappa shape index (κ1) is 11.8. The lowest BCUT2D eigenvalue weighted by atomic mass is 9.94. The molecular formula is C17H17NO2. The maximum atomic E-state index is 5.50. The van der Waals surface area contributed by atoms with Gasteiger partial charge in [-0.1, -0.05) is 30.3 Å². The van der Waals surface area contributed by atoms with E-state index in [-0.39, 0.29) is 6.04 Å². The van der Waals surface area contributed by atoms with Crippen LogP contribution in [0.1, 0.15) is 29.2 Å². The molecule has 2 aliphatic heterocycles. The van der Waals surface area contributed by atoms with Crippen LogP contribution in [0.15, 0.2) is 42.5 Å². The van der Waals surface area contributed by atoms with Crippen molar-refractivity contribution in [2.75, 3.05) is 13.3 Å². The molecule has 102 valence electrons. The normalized spacial score (nSPS) is 20.3. The fourth-order valence-corrected chi connectivity index (χ4v) is 3.07. The SMILES string of the molecule is c1ccc2c(c1)CCCN[C@@H]2c1ccc2c(c1)OCO2. The molecule has 3 heteroatoms. The molecular weight excluding hydrogens is 250 g/mol. The van der Waals surface area contributed by atoms with Crippen molar-refractivity contribution in [3.05, 3.63) is 59.2 Å². The number of hydrogen-bond acceptors (Lipinski definition) is 3. The summed E-state index contributed by atoms with van der Waals surface area (Å²) in [5.74, 6) is 1.70. The lowest BCUT2D eigenvalue weighted by Gasteiger charge is -2.19. The molecule has 1 N–H and O–H groups in total. The highest BCUT2D eigenvalue weighted by atomic mass is 16.7. The molecule has 0 aliphatic carbocycles. The molecule has 4 rings (SSSR count). The minimum absolute atomic E-state index is 0.239. The van der Waals surface area contributed by atoms with E-state index in [0.717, 1.165) is 24.5 Å². The van der Waals surface area contributed by atoms with Crippen molar-refractivity contribution in [3.63, 3.8) is 0 Å². The Morgan fingerprint density at radius 3 is 2.90 bits per heavy atom. The quantitative estimate of drug-likeness (QED) is 0.861. The predicted molar refractivity (Wildman–Crippen MR) is 77.2 cm³/mol. The lowest BCUT2D eigenvalue weighted by molar-refractivity contribution is 0.174. The number of hydrogen-bond donors (Lipinski definition) is 1. The summed E-state index contributed by atoms with van der Waals surface area (Å²) in [5.41, 5.74) is 4.06. The topological polar surface area (TPSA) is 30.5 Å². The van der Waals surface area contributed by atoms with E-state index in [9.17, 15) is 0 Å². The van der Waals surface area contributed by atoms with Gasteiger partial charge in [-0.05, 0) is 48.2 Å². The van der Waals surface area contributed by atoms with E-state index in [4.69, 9.17) is 9.47 Å². The molecule has 1 atom stereocenters. The fraction of sp³-hybridized carbons (Fsp3) is 0.294. The Hall–Kier alpha value is -2.00. The van der Waals surface area contributed by atoms with Gasteiger partial charge in [-0.3, -0.25) is 0 Å². The van der Waals surface area contributed by atoms with Crippen LogP contribution in [-0.2, 0) is 6.42 Å². The van der Waals surface area contributed by atoms with E-state index < -0.39 is 0 Å². The van der Waals surface area contributed by atoms with Gasteiger partial charge in [0.2, 0.25) is 6.79 Å². The molecule has 0 aromatic heterocycles. The van der Waals surface area contributed by atoms with Crippen LogP contribution in [0, 0.1) is 0 Å². The van der Waals surface area contributed by atoms with Crippen molar-refractivity contribution in [2.24, 2.45) is 0 Å². The van der Waals surface area contributed by atoms with Crippen LogP contribution in [0.25, 0.3) is 0 Å². The van der Waals surface area contributed by atoms with E-state index in [2.05, 4.69) is 41.7 Å². The average Bonchev–Trinajstić information content (AvgIpc) is 2.85. The summed E-state index contributed by atoms with van der Waals surface area (Å²) in [6.07, 6.45) is 2.32. The van der Waals surface area contributed by atoms with E-state index in [1.165, 1.54) is 23.1 Å². The van der Waals surface area contributed by atoms with Gasteiger partial charge in [0.25, 0.3) is 0 Å². The Labute approximate surface area is 118 Å². The van der Waals surface area contributed by atoms with Gasteiger partial charge in [0.05, 0.1) is 6.04 Å². The van der Waals surface area contributed by atoms with Gasteiger partial charge in [0.1, 0.15) is 0 Å². The van der Waals surface area contributed by atoms with Gasteiger partial charge in [-0.15, -0.1) is 0 Å². The number of fused-ring (bicyclic) bond motifs is 2. The Morgan fingerprint density at radius 2 is 1.90 bits per heavy atom. The summed E-state index contributed by atoms with van der Waals surface area (Å²) in [6, 6.07) is 15.2. The van der Waals surface area contributed by atoms with E-state index in [1.54, 1.807) is 0 Å². The van der Waals surface area contributed by atoms with Crippen molar-refractivity contribution >= 4 is 0 Å². The molecule has 0 amide bonds. The second-order valence-corrected chi connectivity index (χ2v) is 5.30. The van der Waals surface area contributed by atoms with Crippen LogP contribution in [0.3, 0.4) is 0 Å². The molecule has 0 fully saturated rings. The standard InChI is InChI=1S/C17H17NO2/c1-2-6-14-12(4-1)5-3-9-18-17(14)13-7-8-15-16(10-13)20-11-19-15/h1-2,4,6-8,10,17-18H,3,5,9,11H2/t17-/m1/s1. The molecule has 20 heavy (non-hydrogen) atoms. The minimum atomic E-state index is 0.239. The Morgan fingerprint density at radius 1 is 1.00 bits per heavy atom. The van der Waals surface area contributed by atoms with Crippen LogP contribution >= 0.6 is 0 Å². The zero-order chi connectivity index (χ0) is 13.4. The van der Waals surface area contributed by atoms with Gasteiger partial charge in [-0.25, -0.2) is 0 Å². The first-order valence-electron chi connectivity index (χ1n) is 7.12. The van der Waals surface area contributed by atoms with E-state index in [0.29, 0.717) is 6.79 Å². The first-order chi connectivity index (χ1) is 9.92. The zero-order valence-corrected chi connectivity index (χ0v) is 11.3. The number of benzene rings is 2. The monoisotopic (exact) mass is 267 g/mol. The van der Waals surface area contributed by atoms with Gasteiger partial charge < -0.3 is 14.8 Å². The number of ether oxygens (including phenoxy) is 2. The molecule has 3 nitrogen and oxygen atoms in total. The first-order valence-corrected chi connectivity index (χ1v) is 7.12. The molecule has 2 aliphatic rings. The predicted octanol–water partition coefficient (Wildman–Crippen LogP) is 3.04. The summed E-state index contributed by atoms with van der Waals surface area (Å²) >= 11 is 0. The van der Waals surface area contributed by atoms with Gasteiger partial charge in [0, 0.05) is 0 Å². The lowest BCUT2D eigenvalue weighted by Crippen LogP contribution is -2.21. The molecule has 0 unspecified atom stereocenters. The highest BCUT2D eigenvalue weighted by molar-refractivity contribution is 5.48. The van der Waals surface area contributed by atoms with Crippen LogP contribution in [0.5, 0.6) is 11.5 Å². The van der Waals surface area contributed by atoms with Crippen LogP contribution in [0.2, 0.25) is 0 Å². The average molecular weight is 267 g/mol. The second-order valence-electron chi connectivity index (χ2n) is 5.30. The Bertz CT molecular complexity index is 639. The van der Waals surface area contributed by atoms with Crippen molar-refractivity contribution in [1.29, 1.82) is 0 Å². The third-order valence-electron chi connectivity index (χ3n) is 4.07. The fourth-order valence-electron chi connectivity index (χ4n) is 3.07. The third kappa shape index (κ3) is 1.95. The summed E-state index contributed by atoms with van der Waals surface area (Å²) in [6.45, 7) is 1.36. The molecule has 0 bridgehead atoms. The summed E-state index contributed by atoms with van der Waals surface area (Å²) in [5, 5.41) is 3.65. The summed E-state index contributed by atoms with van der Waals surface area (Å²) in [4.78, 5) is 0. The number of nitrogens with one attached hydrogen (secondary N) is 1. The maximum Gasteiger partial charge on any atom is 0.231 e. The molecule has 2 aromatic carbocycles. The summed E-state index contributed by atoms with van der Waals surface area (Å²) in [7, 11) is 0. The molecule has 0 radical (unpaired) electrons. The third-order valence-corrected chi connectivity index (χ3v) is 4.07. The van der Waals surface area contributed by atoms with Crippen molar-refractivity contribution < 1.29 is 9.47 Å². The molecule has 2 heterocycles. The van der Waals surface area contributed by atoms with Crippen molar-refractivity contribution in [3.8, 4) is 11.5 Å². The summed E-state index contributed by atoms with van der Waals surface area (Å²) < 4.78 is 10.9. The number of rotatable bonds is 1. The Balaban J connectivity index is 1.78. The highest BCUT2D eigenvalue weighted by Crippen LogP contribution is 2.36. The van der Waals surface area contributed by atoms with Gasteiger partial charge >= 0.3 is 0 Å². The van der Waals surface area contributed by atoms with Crippen LogP contribution in [0.4, 0.5) is 0 Å². The Kier molecular flexibility index (Phi) is 2.85. The van der Waals surface area contributed by atoms with Crippen molar-refractivity contribution in [1.82, 2.24) is 5.32 Å². The largest absolute Gasteiger partial charge is 0.454 e. The molecule has 2 aromatic rings.